The van der Waals surface area contributed by atoms with Crippen molar-refractivity contribution in [3.05, 3.63) is 48.0 Å². The van der Waals surface area contributed by atoms with E-state index >= 15 is 0 Å². The summed E-state index contributed by atoms with van der Waals surface area (Å²) in [6.45, 7) is 0.723. The number of likely N-dealkylation sites (tertiary alicyclic amines) is 1. The van der Waals surface area contributed by atoms with Gasteiger partial charge in [-0.15, -0.1) is 0 Å². The number of hydrogen-bond donors (Lipinski definition) is 0. The number of halogens is 3. The fourth-order valence-corrected chi connectivity index (χ4v) is 2.39. The molecule has 0 aromatic carbocycles. The van der Waals surface area contributed by atoms with Gasteiger partial charge in [0.05, 0.1) is 18.4 Å². The molecular weight excluding hydrogens is 313 g/mol. The van der Waals surface area contributed by atoms with Crippen LogP contribution in [0.3, 0.4) is 0 Å². The van der Waals surface area contributed by atoms with E-state index in [1.54, 1.807) is 12.1 Å². The summed E-state index contributed by atoms with van der Waals surface area (Å²) in [5.41, 5.74) is -0.816. The Morgan fingerprint density at radius 2 is 2.22 bits per heavy atom. The predicted octanol–water partition coefficient (Wildman–Crippen LogP) is 2.99. The maximum Gasteiger partial charge on any atom is 0.416 e. The van der Waals surface area contributed by atoms with Gasteiger partial charge in [-0.25, -0.2) is 4.98 Å². The summed E-state index contributed by atoms with van der Waals surface area (Å²) in [6, 6.07) is 4.92. The lowest BCUT2D eigenvalue weighted by atomic mass is 10.2. The number of hydrogen-bond acceptors (Lipinski definition) is 4. The first-order valence-electron chi connectivity index (χ1n) is 6.96. The minimum atomic E-state index is -4.45. The van der Waals surface area contributed by atoms with Gasteiger partial charge in [-0.1, -0.05) is 0 Å². The van der Waals surface area contributed by atoms with Crippen molar-refractivity contribution in [2.75, 3.05) is 13.1 Å². The van der Waals surface area contributed by atoms with E-state index < -0.39 is 17.8 Å². The lowest BCUT2D eigenvalue weighted by Crippen LogP contribution is -2.30. The molecule has 1 amide bonds. The van der Waals surface area contributed by atoms with Crippen LogP contribution in [0.5, 0.6) is 5.88 Å². The lowest BCUT2D eigenvalue weighted by Gasteiger charge is -2.16. The molecule has 0 radical (unpaired) electrons. The topological polar surface area (TPSA) is 55.6 Å². The molecule has 1 fully saturated rings. The summed E-state index contributed by atoms with van der Waals surface area (Å²) in [6.07, 6.45) is -1.87. The van der Waals surface area contributed by atoms with Crippen molar-refractivity contribution in [1.29, 1.82) is 0 Å². The molecule has 1 atom stereocenters. The third kappa shape index (κ3) is 3.46. The second-order valence-corrected chi connectivity index (χ2v) is 5.14. The monoisotopic (exact) mass is 326 g/mol. The minimum absolute atomic E-state index is 0.0999. The molecule has 3 heterocycles. The van der Waals surface area contributed by atoms with Gasteiger partial charge in [0.1, 0.15) is 6.10 Å². The maximum absolute atomic E-state index is 12.7. The first-order valence-corrected chi connectivity index (χ1v) is 6.96. The number of ether oxygens (including phenoxy) is 1. The first-order chi connectivity index (χ1) is 10.9. The molecule has 0 bridgehead atoms. The van der Waals surface area contributed by atoms with Crippen LogP contribution in [0.2, 0.25) is 0 Å². The molecular formula is C15H13F3N2O3. The van der Waals surface area contributed by atoms with E-state index in [0.717, 1.165) is 18.3 Å². The van der Waals surface area contributed by atoms with Gasteiger partial charge in [0, 0.05) is 25.2 Å². The average molecular weight is 326 g/mol. The normalized spacial score (nSPS) is 18.2. The Morgan fingerprint density at radius 3 is 2.91 bits per heavy atom. The Labute approximate surface area is 129 Å². The van der Waals surface area contributed by atoms with E-state index in [2.05, 4.69) is 4.98 Å². The molecule has 8 heteroatoms. The van der Waals surface area contributed by atoms with Crippen LogP contribution in [0.1, 0.15) is 22.5 Å². The van der Waals surface area contributed by atoms with E-state index in [0.29, 0.717) is 13.0 Å². The average Bonchev–Trinajstić information content (AvgIpc) is 3.17. The number of carbonyl (C=O) groups is 1. The number of pyridine rings is 1. The quantitative estimate of drug-likeness (QED) is 0.870. The predicted molar refractivity (Wildman–Crippen MR) is 72.9 cm³/mol. The van der Waals surface area contributed by atoms with Crippen molar-refractivity contribution in [1.82, 2.24) is 9.88 Å². The van der Waals surface area contributed by atoms with Crippen LogP contribution in [0.4, 0.5) is 13.2 Å². The fraction of sp³-hybridized carbons (Fsp3) is 0.333. The molecule has 23 heavy (non-hydrogen) atoms. The van der Waals surface area contributed by atoms with Gasteiger partial charge in [-0.3, -0.25) is 4.79 Å². The Balaban J connectivity index is 1.63. The number of rotatable bonds is 3. The van der Waals surface area contributed by atoms with E-state index in [9.17, 15) is 18.0 Å². The van der Waals surface area contributed by atoms with Gasteiger partial charge >= 0.3 is 6.18 Å². The number of carbonyl (C=O) groups excluding carboxylic acids is 1. The highest BCUT2D eigenvalue weighted by molar-refractivity contribution is 5.91. The molecule has 0 N–H and O–H groups in total. The molecule has 0 saturated carbocycles. The van der Waals surface area contributed by atoms with Gasteiger partial charge in [-0.05, 0) is 18.2 Å². The Hall–Kier alpha value is -2.51. The zero-order valence-electron chi connectivity index (χ0n) is 11.9. The summed E-state index contributed by atoms with van der Waals surface area (Å²) < 4.78 is 48.5. The number of aromatic nitrogens is 1. The van der Waals surface area contributed by atoms with Crippen molar-refractivity contribution in [2.24, 2.45) is 0 Å². The zero-order chi connectivity index (χ0) is 16.4. The summed E-state index contributed by atoms with van der Waals surface area (Å²) in [5, 5.41) is 0. The van der Waals surface area contributed by atoms with Crippen molar-refractivity contribution in [3.63, 3.8) is 0 Å². The van der Waals surface area contributed by atoms with E-state index in [-0.39, 0.29) is 24.1 Å². The molecule has 3 rings (SSSR count). The molecule has 0 spiro atoms. The van der Waals surface area contributed by atoms with Gasteiger partial charge in [0.25, 0.3) is 5.91 Å². The van der Waals surface area contributed by atoms with Crippen LogP contribution < -0.4 is 4.74 Å². The molecule has 0 aliphatic carbocycles. The fourth-order valence-electron chi connectivity index (χ4n) is 2.39. The summed E-state index contributed by atoms with van der Waals surface area (Å²) in [5.74, 6) is -0.141. The van der Waals surface area contributed by atoms with Gasteiger partial charge < -0.3 is 14.1 Å². The first kappa shape index (κ1) is 15.4. The van der Waals surface area contributed by atoms with Crippen molar-refractivity contribution in [2.45, 2.75) is 18.7 Å². The van der Waals surface area contributed by atoms with Crippen LogP contribution in [0.25, 0.3) is 0 Å². The third-order valence-corrected chi connectivity index (χ3v) is 3.51. The number of nitrogens with zero attached hydrogens (tertiary/aromatic N) is 2. The second-order valence-electron chi connectivity index (χ2n) is 5.14. The van der Waals surface area contributed by atoms with Crippen LogP contribution >= 0.6 is 0 Å². The van der Waals surface area contributed by atoms with E-state index in [1.165, 1.54) is 11.2 Å². The Morgan fingerprint density at radius 1 is 1.39 bits per heavy atom. The number of amides is 1. The van der Waals surface area contributed by atoms with Gasteiger partial charge in [-0.2, -0.15) is 13.2 Å². The molecule has 1 saturated heterocycles. The van der Waals surface area contributed by atoms with Crippen LogP contribution in [0, 0.1) is 0 Å². The smallest absolute Gasteiger partial charge is 0.416 e. The van der Waals surface area contributed by atoms with Gasteiger partial charge in [0.15, 0.2) is 5.76 Å². The Bertz CT molecular complexity index is 686. The third-order valence-electron chi connectivity index (χ3n) is 3.51. The van der Waals surface area contributed by atoms with Crippen LogP contribution in [0.15, 0.2) is 41.1 Å². The highest BCUT2D eigenvalue weighted by Gasteiger charge is 2.32. The summed E-state index contributed by atoms with van der Waals surface area (Å²) in [4.78, 5) is 17.4. The van der Waals surface area contributed by atoms with E-state index in [4.69, 9.17) is 9.15 Å². The van der Waals surface area contributed by atoms with Crippen LogP contribution in [-0.4, -0.2) is 35.0 Å². The van der Waals surface area contributed by atoms with E-state index in [1.807, 2.05) is 0 Å². The standard InChI is InChI=1S/C15H13F3N2O3/c16-15(17,18)10-3-5-19-13(8-10)23-11-4-6-20(9-11)14(21)12-2-1-7-22-12/h1-3,5,7-8,11H,4,6,9H2/t11-/m1/s1. The molecule has 2 aromatic heterocycles. The molecule has 2 aromatic rings. The summed E-state index contributed by atoms with van der Waals surface area (Å²) in [7, 11) is 0. The van der Waals surface area contributed by atoms with Gasteiger partial charge in [0.2, 0.25) is 5.88 Å². The van der Waals surface area contributed by atoms with Crippen LogP contribution in [-0.2, 0) is 6.18 Å². The molecule has 0 unspecified atom stereocenters. The molecule has 1 aliphatic rings. The maximum atomic E-state index is 12.7. The SMILES string of the molecule is O=C(c1ccco1)N1CC[C@@H](Oc2cc(C(F)(F)F)ccn2)C1. The largest absolute Gasteiger partial charge is 0.472 e. The lowest BCUT2D eigenvalue weighted by molar-refractivity contribution is -0.137. The second kappa shape index (κ2) is 5.94. The van der Waals surface area contributed by atoms with Crippen molar-refractivity contribution < 1.29 is 27.1 Å². The highest BCUT2D eigenvalue weighted by Crippen LogP contribution is 2.31. The summed E-state index contributed by atoms with van der Waals surface area (Å²) >= 11 is 0. The minimum Gasteiger partial charge on any atom is -0.472 e. The molecule has 1 aliphatic heterocycles. The zero-order valence-corrected chi connectivity index (χ0v) is 11.9. The van der Waals surface area contributed by atoms with Crippen molar-refractivity contribution >= 4 is 5.91 Å². The molecule has 5 nitrogen and oxygen atoms in total. The molecule has 122 valence electrons. The number of furan rings is 1. The Kier molecular flexibility index (Phi) is 3.97. The number of alkyl halides is 3. The highest BCUT2D eigenvalue weighted by atomic mass is 19.4. The van der Waals surface area contributed by atoms with Crippen molar-refractivity contribution in [3.8, 4) is 5.88 Å².